The molecule has 0 saturated carbocycles. The Morgan fingerprint density at radius 2 is 0.512 bits per heavy atom. The van der Waals surface area contributed by atoms with E-state index in [4.69, 9.17) is 9.47 Å². The molecule has 84 heavy (non-hydrogen) atoms. The van der Waals surface area contributed by atoms with Crippen LogP contribution in [-0.4, -0.2) is 36.4 Å². The Bertz CT molecular complexity index is 1470. The van der Waals surface area contributed by atoms with Crippen LogP contribution in [0.25, 0.3) is 0 Å². The van der Waals surface area contributed by atoms with Crippen molar-refractivity contribution < 1.29 is 24.2 Å². The van der Waals surface area contributed by atoms with Gasteiger partial charge in [-0.25, -0.2) is 0 Å². The molecule has 0 amide bonds. The predicted octanol–water partition coefficient (Wildman–Crippen LogP) is 26.2. The van der Waals surface area contributed by atoms with Crippen LogP contribution in [0, 0.1) is 0 Å². The average molecular weight is 1170 g/mol. The third-order valence-electron chi connectivity index (χ3n) is 17.0. The molecule has 0 aromatic heterocycles. The summed E-state index contributed by atoms with van der Waals surface area (Å²) in [5.41, 5.74) is 0. The fraction of sp³-hybridized carbons (Fsp3) is 0.823. The Hall–Kier alpha value is -2.66. The first-order valence-corrected chi connectivity index (χ1v) is 37.5. The Morgan fingerprint density at radius 1 is 0.286 bits per heavy atom. The number of ether oxygens (including phenoxy) is 2. The molecular formula is C79H144O5. The van der Waals surface area contributed by atoms with Gasteiger partial charge in [0.2, 0.25) is 0 Å². The Balaban J connectivity index is 3.39. The van der Waals surface area contributed by atoms with Crippen molar-refractivity contribution in [3.8, 4) is 0 Å². The maximum atomic E-state index is 12.4. The zero-order valence-corrected chi connectivity index (χ0v) is 56.4. The fourth-order valence-corrected chi connectivity index (χ4v) is 11.4. The second kappa shape index (κ2) is 74.6. The van der Waals surface area contributed by atoms with Gasteiger partial charge < -0.3 is 14.6 Å². The molecule has 0 aliphatic carbocycles. The van der Waals surface area contributed by atoms with Crippen molar-refractivity contribution in [2.75, 3.05) is 13.2 Å². The van der Waals surface area contributed by atoms with E-state index < -0.39 is 6.10 Å². The lowest BCUT2D eigenvalue weighted by molar-refractivity contribution is -0.161. The minimum Gasteiger partial charge on any atom is -0.462 e. The van der Waals surface area contributed by atoms with E-state index in [-0.39, 0.29) is 25.2 Å². The first-order chi connectivity index (χ1) is 41.6. The molecule has 1 unspecified atom stereocenters. The van der Waals surface area contributed by atoms with E-state index in [2.05, 4.69) is 86.8 Å². The molecule has 0 aliphatic rings. The van der Waals surface area contributed by atoms with Crippen molar-refractivity contribution in [3.63, 3.8) is 0 Å². The monoisotopic (exact) mass is 1170 g/mol. The topological polar surface area (TPSA) is 72.8 Å². The first-order valence-electron chi connectivity index (χ1n) is 37.5. The van der Waals surface area contributed by atoms with Crippen LogP contribution < -0.4 is 0 Å². The summed E-state index contributed by atoms with van der Waals surface area (Å²) in [7, 11) is 0. The number of carbonyl (C=O) groups is 2. The number of aliphatic hydroxyl groups excluding tert-OH is 1. The average Bonchev–Trinajstić information content (AvgIpc) is 3.51. The fourth-order valence-electron chi connectivity index (χ4n) is 11.4. The maximum absolute atomic E-state index is 12.4. The van der Waals surface area contributed by atoms with E-state index in [9.17, 15) is 14.7 Å². The largest absolute Gasteiger partial charge is 0.462 e. The molecule has 0 heterocycles. The zero-order chi connectivity index (χ0) is 60.5. The number of hydrogen-bond donors (Lipinski definition) is 1. The van der Waals surface area contributed by atoms with Gasteiger partial charge in [-0.05, 0) is 83.5 Å². The van der Waals surface area contributed by atoms with E-state index in [0.29, 0.717) is 12.8 Å². The molecule has 490 valence electrons. The lowest BCUT2D eigenvalue weighted by Crippen LogP contribution is -2.28. The summed E-state index contributed by atoms with van der Waals surface area (Å²) in [4.78, 5) is 24.7. The Labute approximate surface area is 524 Å². The number of esters is 2. The quantitative estimate of drug-likeness (QED) is 0.0373. The number of hydrogen-bond acceptors (Lipinski definition) is 5. The summed E-state index contributed by atoms with van der Waals surface area (Å²) in [5, 5.41) is 9.72. The summed E-state index contributed by atoms with van der Waals surface area (Å²) in [6, 6.07) is 0. The van der Waals surface area contributed by atoms with Crippen LogP contribution in [0.1, 0.15) is 399 Å². The molecule has 5 heteroatoms. The number of unbranched alkanes of at least 4 members (excludes halogenated alkanes) is 50. The van der Waals surface area contributed by atoms with E-state index in [1.165, 1.54) is 302 Å². The maximum Gasteiger partial charge on any atom is 0.306 e. The summed E-state index contributed by atoms with van der Waals surface area (Å²) >= 11 is 0. The molecule has 0 aromatic carbocycles. The normalized spacial score (nSPS) is 12.6. The van der Waals surface area contributed by atoms with Crippen molar-refractivity contribution in [1.82, 2.24) is 0 Å². The van der Waals surface area contributed by atoms with Crippen LogP contribution in [-0.2, 0) is 19.1 Å². The van der Waals surface area contributed by atoms with E-state index >= 15 is 0 Å². The second-order valence-corrected chi connectivity index (χ2v) is 25.3. The van der Waals surface area contributed by atoms with E-state index in [0.717, 1.165) is 70.6 Å². The van der Waals surface area contributed by atoms with Gasteiger partial charge in [-0.1, -0.05) is 376 Å². The SMILES string of the molecule is CC/C=C\C/C=C\C/C=C\C/C=C\C/C=C\CCCCCCCCCCCCCCCCCCCCCCCC(=O)OC(CO)COC(=O)CCCCCCCCCCCCCCCCCCCCCCC/C=C\CCCCCCCCCC. The molecule has 5 nitrogen and oxygen atoms in total. The van der Waals surface area contributed by atoms with Crippen molar-refractivity contribution >= 4 is 11.9 Å². The smallest absolute Gasteiger partial charge is 0.306 e. The molecule has 1 N–H and O–H groups in total. The molecule has 0 bridgehead atoms. The van der Waals surface area contributed by atoms with Crippen LogP contribution in [0.4, 0.5) is 0 Å². The standard InChI is InChI=1S/C79H144O5/c1-3-5-7-9-11-13-15-17-19-21-23-25-27-29-31-33-35-37-38-39-40-42-44-46-48-50-52-54-56-58-60-62-64-66-68-70-72-74-79(82)84-77(75-80)76-83-78(81)73-71-69-67-65-63-61-59-57-55-53-51-49-47-45-43-41-36-34-32-30-28-26-24-22-20-18-16-14-12-10-8-6-4-2/h5,7,11,13,17,19,22-25,29,31,77,80H,3-4,6,8-10,12,14-16,18,20-21,26-28,30,32-76H2,1-2H3/b7-5-,13-11-,19-17-,24-22-,25-23-,31-29-. The highest BCUT2D eigenvalue weighted by atomic mass is 16.6. The van der Waals surface area contributed by atoms with Crippen LogP contribution in [0.3, 0.4) is 0 Å². The lowest BCUT2D eigenvalue weighted by Gasteiger charge is -2.15. The molecule has 0 aromatic rings. The third-order valence-corrected chi connectivity index (χ3v) is 17.0. The number of rotatable bonds is 70. The summed E-state index contributed by atoms with van der Waals surface area (Å²) in [6.45, 7) is 4.08. The molecule has 0 aliphatic heterocycles. The van der Waals surface area contributed by atoms with Gasteiger partial charge >= 0.3 is 11.9 Å². The molecule has 0 fully saturated rings. The van der Waals surface area contributed by atoms with Crippen LogP contribution >= 0.6 is 0 Å². The first kappa shape index (κ1) is 81.3. The van der Waals surface area contributed by atoms with Gasteiger partial charge in [-0.15, -0.1) is 0 Å². The minimum atomic E-state index is -0.772. The Morgan fingerprint density at radius 3 is 0.786 bits per heavy atom. The third kappa shape index (κ3) is 71.8. The molecule has 0 radical (unpaired) electrons. The molecule has 0 spiro atoms. The van der Waals surface area contributed by atoms with Gasteiger partial charge in [-0.2, -0.15) is 0 Å². The van der Waals surface area contributed by atoms with Gasteiger partial charge in [0.1, 0.15) is 6.61 Å². The molecular weight excluding hydrogens is 1030 g/mol. The van der Waals surface area contributed by atoms with Crippen LogP contribution in [0.2, 0.25) is 0 Å². The highest BCUT2D eigenvalue weighted by Gasteiger charge is 2.16. The highest BCUT2D eigenvalue weighted by molar-refractivity contribution is 5.70. The van der Waals surface area contributed by atoms with Crippen LogP contribution in [0.5, 0.6) is 0 Å². The lowest BCUT2D eigenvalue weighted by atomic mass is 10.0. The molecule has 1 atom stereocenters. The number of aliphatic hydroxyl groups is 1. The van der Waals surface area contributed by atoms with E-state index in [1.807, 2.05) is 0 Å². The predicted molar refractivity (Wildman–Crippen MR) is 371 cm³/mol. The van der Waals surface area contributed by atoms with E-state index in [1.54, 1.807) is 0 Å². The Kier molecular flexibility index (Phi) is 72.2. The van der Waals surface area contributed by atoms with Crippen molar-refractivity contribution in [3.05, 3.63) is 72.9 Å². The molecule has 0 saturated heterocycles. The zero-order valence-electron chi connectivity index (χ0n) is 56.4. The number of allylic oxidation sites excluding steroid dienone is 12. The minimum absolute atomic E-state index is 0.0608. The van der Waals surface area contributed by atoms with Gasteiger partial charge in [0.05, 0.1) is 6.61 Å². The van der Waals surface area contributed by atoms with Crippen molar-refractivity contribution in [1.29, 1.82) is 0 Å². The number of carbonyl (C=O) groups excluding carboxylic acids is 2. The highest BCUT2D eigenvalue weighted by Crippen LogP contribution is 2.19. The van der Waals surface area contributed by atoms with Crippen molar-refractivity contribution in [2.45, 2.75) is 405 Å². The summed E-state index contributed by atoms with van der Waals surface area (Å²) in [5.74, 6) is -0.567. The summed E-state index contributed by atoms with van der Waals surface area (Å²) < 4.78 is 10.8. The van der Waals surface area contributed by atoms with Crippen LogP contribution in [0.15, 0.2) is 72.9 Å². The van der Waals surface area contributed by atoms with Gasteiger partial charge in [-0.3, -0.25) is 9.59 Å². The second-order valence-electron chi connectivity index (χ2n) is 25.3. The van der Waals surface area contributed by atoms with Gasteiger partial charge in [0.15, 0.2) is 6.10 Å². The molecule has 0 rings (SSSR count). The van der Waals surface area contributed by atoms with Gasteiger partial charge in [0, 0.05) is 12.8 Å². The van der Waals surface area contributed by atoms with Crippen molar-refractivity contribution in [2.24, 2.45) is 0 Å². The van der Waals surface area contributed by atoms with Gasteiger partial charge in [0.25, 0.3) is 0 Å². The summed E-state index contributed by atoms with van der Waals surface area (Å²) in [6.07, 6.45) is 104.